The molecule has 0 aliphatic heterocycles. The third kappa shape index (κ3) is 4.38. The number of carbonyl (C=O) groups excluding carboxylic acids is 2. The summed E-state index contributed by atoms with van der Waals surface area (Å²) in [5.74, 6) is -0.122. The number of amides is 1. The van der Waals surface area contributed by atoms with Gasteiger partial charge in [-0.1, -0.05) is 36.4 Å². The molecule has 0 aliphatic rings. The Hall–Kier alpha value is -4.11. The molecule has 34 heavy (non-hydrogen) atoms. The molecule has 0 fully saturated rings. The Labute approximate surface area is 196 Å². The Balaban J connectivity index is 1.87. The second kappa shape index (κ2) is 9.40. The first-order chi connectivity index (χ1) is 16.3. The van der Waals surface area contributed by atoms with E-state index in [1.807, 2.05) is 0 Å². The van der Waals surface area contributed by atoms with E-state index in [1.54, 1.807) is 50.2 Å². The van der Waals surface area contributed by atoms with Crippen molar-refractivity contribution in [3.8, 4) is 5.75 Å². The first-order valence-electron chi connectivity index (χ1n) is 10.4. The Bertz CT molecular complexity index is 1440. The molecule has 0 saturated carbocycles. The van der Waals surface area contributed by atoms with Gasteiger partial charge in [0.1, 0.15) is 22.7 Å². The van der Waals surface area contributed by atoms with Crippen molar-refractivity contribution < 1.29 is 31.9 Å². The van der Waals surface area contributed by atoms with Crippen LogP contribution in [0, 0.1) is 6.92 Å². The number of hydrogen-bond donors (Lipinski definition) is 0. The summed E-state index contributed by atoms with van der Waals surface area (Å²) in [7, 11) is -4.37. The quantitative estimate of drug-likeness (QED) is 0.345. The van der Waals surface area contributed by atoms with Gasteiger partial charge in [0.05, 0.1) is 17.2 Å². The average molecular weight is 480 g/mol. The number of benzene rings is 3. The number of esters is 1. The molecule has 0 spiro atoms. The molecule has 0 atom stereocenters. The van der Waals surface area contributed by atoms with Crippen LogP contribution in [0.15, 0.2) is 88.2 Å². The van der Waals surface area contributed by atoms with E-state index in [4.69, 9.17) is 13.9 Å². The SMILES string of the molecule is CCOC(=O)c1c(C)oc2ccc(N(C(=O)Oc3ccccc3)S(=O)(=O)c3ccccc3)cc12. The lowest BCUT2D eigenvalue weighted by Crippen LogP contribution is -2.39. The Kier molecular flexibility index (Phi) is 6.38. The molecule has 0 bridgehead atoms. The van der Waals surface area contributed by atoms with Crippen LogP contribution < -0.4 is 9.04 Å². The van der Waals surface area contributed by atoms with Gasteiger partial charge in [0, 0.05) is 5.39 Å². The van der Waals surface area contributed by atoms with Crippen molar-refractivity contribution in [1.82, 2.24) is 0 Å². The number of sulfonamides is 1. The molecular formula is C25H21NO7S. The van der Waals surface area contributed by atoms with Crippen LogP contribution in [0.25, 0.3) is 11.0 Å². The minimum absolute atomic E-state index is 0.0244. The molecule has 4 rings (SSSR count). The lowest BCUT2D eigenvalue weighted by Gasteiger charge is -2.22. The topological polar surface area (TPSA) is 103 Å². The third-order valence-corrected chi connectivity index (χ3v) is 6.67. The van der Waals surface area contributed by atoms with Gasteiger partial charge in [0.25, 0.3) is 10.0 Å². The number of anilines is 1. The highest BCUT2D eigenvalue weighted by atomic mass is 32.2. The Morgan fingerprint density at radius 3 is 2.24 bits per heavy atom. The monoisotopic (exact) mass is 479 g/mol. The van der Waals surface area contributed by atoms with Crippen molar-refractivity contribution in [2.75, 3.05) is 10.9 Å². The number of fused-ring (bicyclic) bond motifs is 1. The molecule has 4 aromatic rings. The molecule has 174 valence electrons. The molecule has 8 nitrogen and oxygen atoms in total. The van der Waals surface area contributed by atoms with Gasteiger partial charge >= 0.3 is 12.1 Å². The van der Waals surface area contributed by atoms with Crippen LogP contribution in [-0.4, -0.2) is 27.1 Å². The summed E-state index contributed by atoms with van der Waals surface area (Å²) < 4.78 is 43.8. The maximum Gasteiger partial charge on any atom is 0.434 e. The van der Waals surface area contributed by atoms with Crippen LogP contribution in [0.1, 0.15) is 23.0 Å². The number of furan rings is 1. The summed E-state index contributed by atoms with van der Waals surface area (Å²) in [6, 6.07) is 19.9. The van der Waals surface area contributed by atoms with Crippen molar-refractivity contribution in [1.29, 1.82) is 0 Å². The van der Waals surface area contributed by atoms with Crippen LogP contribution in [0.4, 0.5) is 10.5 Å². The fourth-order valence-electron chi connectivity index (χ4n) is 3.46. The smallest absolute Gasteiger partial charge is 0.434 e. The Morgan fingerprint density at radius 1 is 0.941 bits per heavy atom. The van der Waals surface area contributed by atoms with Gasteiger partial charge in [-0.25, -0.2) is 18.0 Å². The summed E-state index contributed by atoms with van der Waals surface area (Å²) in [5.41, 5.74) is 0.480. The fraction of sp³-hybridized carbons (Fsp3) is 0.120. The summed E-state index contributed by atoms with van der Waals surface area (Å²) >= 11 is 0. The molecule has 0 radical (unpaired) electrons. The maximum absolute atomic E-state index is 13.5. The largest absolute Gasteiger partial charge is 0.462 e. The summed E-state index contributed by atoms with van der Waals surface area (Å²) in [5, 5.41) is 0.314. The zero-order valence-electron chi connectivity index (χ0n) is 18.4. The number of rotatable bonds is 6. The lowest BCUT2D eigenvalue weighted by atomic mass is 10.1. The highest BCUT2D eigenvalue weighted by molar-refractivity contribution is 7.93. The van der Waals surface area contributed by atoms with Crippen LogP contribution in [0.2, 0.25) is 0 Å². The van der Waals surface area contributed by atoms with E-state index in [2.05, 4.69) is 0 Å². The number of nitrogens with zero attached hydrogens (tertiary/aromatic N) is 1. The van der Waals surface area contributed by atoms with Crippen LogP contribution in [0.3, 0.4) is 0 Å². The number of para-hydroxylation sites is 1. The van der Waals surface area contributed by atoms with Crippen molar-refractivity contribution in [2.45, 2.75) is 18.7 Å². The van der Waals surface area contributed by atoms with E-state index < -0.39 is 22.1 Å². The predicted octanol–water partition coefficient (Wildman–Crippen LogP) is 5.31. The van der Waals surface area contributed by atoms with Crippen LogP contribution >= 0.6 is 0 Å². The molecule has 0 unspecified atom stereocenters. The fourth-order valence-corrected chi connectivity index (χ4v) is 4.80. The van der Waals surface area contributed by atoms with Crippen LogP contribution in [-0.2, 0) is 14.8 Å². The molecular weight excluding hydrogens is 458 g/mol. The second-order valence-electron chi connectivity index (χ2n) is 7.20. The Morgan fingerprint density at radius 2 is 1.59 bits per heavy atom. The molecule has 9 heteroatoms. The number of carbonyl (C=O) groups is 2. The van der Waals surface area contributed by atoms with Gasteiger partial charge in [0.2, 0.25) is 0 Å². The van der Waals surface area contributed by atoms with Gasteiger partial charge in [-0.2, -0.15) is 4.31 Å². The van der Waals surface area contributed by atoms with E-state index >= 15 is 0 Å². The summed E-state index contributed by atoms with van der Waals surface area (Å²) in [6.45, 7) is 3.44. The van der Waals surface area contributed by atoms with E-state index in [9.17, 15) is 18.0 Å². The van der Waals surface area contributed by atoms with E-state index in [0.29, 0.717) is 21.0 Å². The zero-order chi connectivity index (χ0) is 24.3. The molecule has 3 aromatic carbocycles. The van der Waals surface area contributed by atoms with Crippen molar-refractivity contribution in [3.63, 3.8) is 0 Å². The standard InChI is InChI=1S/C25H21NO7S/c1-3-31-24(27)23-17(2)32-22-15-14-18(16-21(22)23)26(25(28)33-19-10-6-4-7-11-19)34(29,30)20-12-8-5-9-13-20/h4-16H,3H2,1-2H3. The molecule has 0 aliphatic carbocycles. The lowest BCUT2D eigenvalue weighted by molar-refractivity contribution is 0.0526. The number of aryl methyl sites for hydroxylation is 1. The summed E-state index contributed by atoms with van der Waals surface area (Å²) in [6.07, 6.45) is -1.13. The highest BCUT2D eigenvalue weighted by Crippen LogP contribution is 2.33. The first-order valence-corrected chi connectivity index (χ1v) is 11.8. The number of ether oxygens (including phenoxy) is 2. The van der Waals surface area contributed by atoms with E-state index in [-0.39, 0.29) is 28.5 Å². The van der Waals surface area contributed by atoms with Crippen molar-refractivity contribution >= 4 is 38.7 Å². The normalized spacial score (nSPS) is 11.2. The average Bonchev–Trinajstić information content (AvgIpc) is 3.15. The first kappa shape index (κ1) is 23.1. The predicted molar refractivity (Wildman–Crippen MR) is 125 cm³/mol. The van der Waals surface area contributed by atoms with E-state index in [1.165, 1.54) is 42.5 Å². The molecule has 0 N–H and O–H groups in total. The maximum atomic E-state index is 13.5. The molecule has 1 heterocycles. The zero-order valence-corrected chi connectivity index (χ0v) is 19.2. The third-order valence-electron chi connectivity index (χ3n) is 4.96. The highest BCUT2D eigenvalue weighted by Gasteiger charge is 2.34. The molecule has 1 aromatic heterocycles. The van der Waals surface area contributed by atoms with Gasteiger partial charge < -0.3 is 13.9 Å². The summed E-state index contributed by atoms with van der Waals surface area (Å²) in [4.78, 5) is 25.6. The minimum Gasteiger partial charge on any atom is -0.462 e. The van der Waals surface area contributed by atoms with Gasteiger partial charge in [-0.05, 0) is 56.3 Å². The second-order valence-corrected chi connectivity index (χ2v) is 8.98. The van der Waals surface area contributed by atoms with Gasteiger partial charge in [-0.15, -0.1) is 0 Å². The molecule has 0 saturated heterocycles. The number of hydrogen-bond acceptors (Lipinski definition) is 7. The van der Waals surface area contributed by atoms with Crippen molar-refractivity contribution in [3.05, 3.63) is 90.2 Å². The van der Waals surface area contributed by atoms with Crippen molar-refractivity contribution in [2.24, 2.45) is 0 Å². The molecule has 1 amide bonds. The van der Waals surface area contributed by atoms with Crippen LogP contribution in [0.5, 0.6) is 5.75 Å². The van der Waals surface area contributed by atoms with Gasteiger partial charge in [-0.3, -0.25) is 0 Å². The minimum atomic E-state index is -4.37. The van der Waals surface area contributed by atoms with Gasteiger partial charge in [0.15, 0.2) is 0 Å². The van der Waals surface area contributed by atoms with E-state index in [0.717, 1.165) is 0 Å².